The van der Waals surface area contributed by atoms with Gasteiger partial charge >= 0.3 is 0 Å². The smallest absolute Gasteiger partial charge is 0.191 e. The van der Waals surface area contributed by atoms with E-state index in [1.807, 2.05) is 0 Å². The molecule has 5 nitrogen and oxygen atoms in total. The van der Waals surface area contributed by atoms with Gasteiger partial charge in [-0.2, -0.15) is 0 Å². The predicted molar refractivity (Wildman–Crippen MR) is 125 cm³/mol. The predicted octanol–water partition coefficient (Wildman–Crippen LogP) is 3.48. The number of benzene rings is 2. The molecule has 0 spiro atoms. The molecule has 5 heteroatoms. The Kier molecular flexibility index (Phi) is 8.29. The molecule has 2 aromatic carbocycles. The van der Waals surface area contributed by atoms with E-state index in [0.29, 0.717) is 0 Å². The van der Waals surface area contributed by atoms with E-state index in [0.717, 1.165) is 51.6 Å². The number of hydrogen-bond donors (Lipinski definition) is 2. The monoisotopic (exact) mass is 408 g/mol. The molecule has 0 unspecified atom stereocenters. The number of aliphatic imine (C=N–C) groups is 1. The van der Waals surface area contributed by atoms with Crippen LogP contribution in [0.4, 0.5) is 0 Å². The topological polar surface area (TPSA) is 48.9 Å². The van der Waals surface area contributed by atoms with Crippen molar-refractivity contribution in [1.29, 1.82) is 0 Å². The number of nitrogens with one attached hydrogen (secondary N) is 2. The molecule has 0 atom stereocenters. The lowest BCUT2D eigenvalue weighted by molar-refractivity contribution is -0.00254. The van der Waals surface area contributed by atoms with Crippen LogP contribution in [0.15, 0.2) is 65.7 Å². The highest BCUT2D eigenvalue weighted by atomic mass is 16.5. The summed E-state index contributed by atoms with van der Waals surface area (Å²) in [6.07, 6.45) is 2.03. The fourth-order valence-corrected chi connectivity index (χ4v) is 4.06. The summed E-state index contributed by atoms with van der Waals surface area (Å²) < 4.78 is 5.60. The van der Waals surface area contributed by atoms with Crippen molar-refractivity contribution in [2.24, 2.45) is 4.99 Å². The van der Waals surface area contributed by atoms with Crippen molar-refractivity contribution in [3.63, 3.8) is 0 Å². The Hall–Kier alpha value is -2.37. The zero-order valence-electron chi connectivity index (χ0n) is 18.6. The van der Waals surface area contributed by atoms with Crippen LogP contribution in [0.2, 0.25) is 0 Å². The molecule has 1 aliphatic heterocycles. The summed E-state index contributed by atoms with van der Waals surface area (Å²) in [5.74, 6) is 1.14. The average molecular weight is 409 g/mol. The Morgan fingerprint density at radius 1 is 0.967 bits per heavy atom. The molecule has 1 fully saturated rings. The van der Waals surface area contributed by atoms with Gasteiger partial charge in [0.25, 0.3) is 0 Å². The van der Waals surface area contributed by atoms with Crippen LogP contribution in [0.3, 0.4) is 0 Å². The SMILES string of the molecule is CCNC(=NCC1(N(C)C)CCOCC1)NCC(c1ccccc1)c1ccccc1. The molecule has 1 saturated heterocycles. The molecule has 0 aromatic heterocycles. The minimum absolute atomic E-state index is 0.0683. The van der Waals surface area contributed by atoms with Crippen molar-refractivity contribution in [3.8, 4) is 0 Å². The van der Waals surface area contributed by atoms with Crippen molar-refractivity contribution >= 4 is 5.96 Å². The van der Waals surface area contributed by atoms with Crippen molar-refractivity contribution in [2.45, 2.75) is 31.2 Å². The van der Waals surface area contributed by atoms with Gasteiger partial charge < -0.3 is 20.3 Å². The molecule has 0 saturated carbocycles. The average Bonchev–Trinajstić information content (AvgIpc) is 2.79. The second-order valence-corrected chi connectivity index (χ2v) is 8.18. The third-order valence-electron chi connectivity index (χ3n) is 6.13. The zero-order chi connectivity index (χ0) is 21.2. The maximum atomic E-state index is 5.60. The van der Waals surface area contributed by atoms with Gasteiger partial charge in [-0.25, -0.2) is 0 Å². The van der Waals surface area contributed by atoms with Gasteiger partial charge in [-0.3, -0.25) is 4.99 Å². The van der Waals surface area contributed by atoms with Gasteiger partial charge in [-0.05, 0) is 45.0 Å². The summed E-state index contributed by atoms with van der Waals surface area (Å²) in [5.41, 5.74) is 2.68. The van der Waals surface area contributed by atoms with E-state index in [9.17, 15) is 0 Å². The maximum Gasteiger partial charge on any atom is 0.191 e. The summed E-state index contributed by atoms with van der Waals surface area (Å²) in [6, 6.07) is 21.4. The molecule has 2 aromatic rings. The van der Waals surface area contributed by atoms with E-state index in [2.05, 4.69) is 97.2 Å². The minimum Gasteiger partial charge on any atom is -0.381 e. The summed E-state index contributed by atoms with van der Waals surface area (Å²) in [4.78, 5) is 7.31. The van der Waals surface area contributed by atoms with Crippen LogP contribution in [0, 0.1) is 0 Å². The fraction of sp³-hybridized carbons (Fsp3) is 0.480. The molecule has 0 radical (unpaired) electrons. The highest BCUT2D eigenvalue weighted by molar-refractivity contribution is 5.80. The molecule has 1 heterocycles. The molecular formula is C25H36N4O. The first-order valence-corrected chi connectivity index (χ1v) is 11.0. The largest absolute Gasteiger partial charge is 0.381 e. The van der Waals surface area contributed by atoms with Crippen LogP contribution < -0.4 is 10.6 Å². The highest BCUT2D eigenvalue weighted by Gasteiger charge is 2.34. The first-order valence-electron chi connectivity index (χ1n) is 11.0. The van der Waals surface area contributed by atoms with Crippen molar-refractivity contribution in [3.05, 3.63) is 71.8 Å². The lowest BCUT2D eigenvalue weighted by Crippen LogP contribution is -2.52. The van der Waals surface area contributed by atoms with Gasteiger partial charge in [0.15, 0.2) is 5.96 Å². The third-order valence-corrected chi connectivity index (χ3v) is 6.13. The second kappa shape index (κ2) is 11.1. The molecule has 1 aliphatic rings. The van der Waals surface area contributed by atoms with E-state index >= 15 is 0 Å². The number of hydrogen-bond acceptors (Lipinski definition) is 3. The van der Waals surface area contributed by atoms with Crippen LogP contribution in [0.1, 0.15) is 36.8 Å². The second-order valence-electron chi connectivity index (χ2n) is 8.18. The Bertz CT molecular complexity index is 731. The van der Waals surface area contributed by atoms with E-state index in [4.69, 9.17) is 9.73 Å². The number of ether oxygens (including phenoxy) is 1. The van der Waals surface area contributed by atoms with Gasteiger partial charge in [0.05, 0.1) is 6.54 Å². The highest BCUT2D eigenvalue weighted by Crippen LogP contribution is 2.26. The van der Waals surface area contributed by atoms with Crippen LogP contribution >= 0.6 is 0 Å². The first-order chi connectivity index (χ1) is 14.6. The normalized spacial score (nSPS) is 16.6. The Morgan fingerprint density at radius 2 is 1.53 bits per heavy atom. The van der Waals surface area contributed by atoms with E-state index in [1.54, 1.807) is 0 Å². The maximum absolute atomic E-state index is 5.60. The van der Waals surface area contributed by atoms with Crippen LogP contribution in [0.5, 0.6) is 0 Å². The lowest BCUT2D eigenvalue weighted by Gasteiger charge is -2.41. The zero-order valence-corrected chi connectivity index (χ0v) is 18.6. The van der Waals surface area contributed by atoms with E-state index in [-0.39, 0.29) is 11.5 Å². The fourth-order valence-electron chi connectivity index (χ4n) is 4.06. The number of rotatable bonds is 8. The first kappa shape index (κ1) is 22.3. The summed E-state index contributed by atoms with van der Waals surface area (Å²) >= 11 is 0. The number of guanidine groups is 1. The Labute approximate surface area is 181 Å². The standard InChI is InChI=1S/C25H36N4O/c1-4-26-24(28-20-25(29(2)3)15-17-30-18-16-25)27-19-23(21-11-7-5-8-12-21)22-13-9-6-10-14-22/h5-14,23H,4,15-20H2,1-3H3,(H2,26,27,28). The molecule has 162 valence electrons. The molecule has 0 bridgehead atoms. The number of nitrogens with zero attached hydrogens (tertiary/aromatic N) is 2. The molecule has 30 heavy (non-hydrogen) atoms. The molecule has 3 rings (SSSR count). The molecular weight excluding hydrogens is 372 g/mol. The Balaban J connectivity index is 1.75. The van der Waals surface area contributed by atoms with Crippen molar-refractivity contribution in [1.82, 2.24) is 15.5 Å². The number of likely N-dealkylation sites (N-methyl/N-ethyl adjacent to an activating group) is 1. The van der Waals surface area contributed by atoms with Gasteiger partial charge in [-0.15, -0.1) is 0 Å². The van der Waals surface area contributed by atoms with Gasteiger partial charge in [0.1, 0.15) is 0 Å². The molecule has 0 aliphatic carbocycles. The van der Waals surface area contributed by atoms with E-state index in [1.165, 1.54) is 11.1 Å². The Morgan fingerprint density at radius 3 is 2.03 bits per heavy atom. The minimum atomic E-state index is 0.0683. The van der Waals surface area contributed by atoms with Gasteiger partial charge in [0.2, 0.25) is 0 Å². The van der Waals surface area contributed by atoms with Gasteiger partial charge in [0, 0.05) is 37.8 Å². The quantitative estimate of drug-likeness (QED) is 0.519. The molecule has 2 N–H and O–H groups in total. The van der Waals surface area contributed by atoms with Gasteiger partial charge in [-0.1, -0.05) is 60.7 Å². The van der Waals surface area contributed by atoms with Crippen LogP contribution in [0.25, 0.3) is 0 Å². The lowest BCUT2D eigenvalue weighted by atomic mass is 9.89. The molecule has 0 amide bonds. The third kappa shape index (κ3) is 5.83. The summed E-state index contributed by atoms with van der Waals surface area (Å²) in [7, 11) is 4.31. The van der Waals surface area contributed by atoms with Crippen LogP contribution in [-0.4, -0.2) is 63.3 Å². The van der Waals surface area contributed by atoms with Crippen molar-refractivity contribution in [2.75, 3.05) is 46.9 Å². The summed E-state index contributed by atoms with van der Waals surface area (Å²) in [5, 5.41) is 7.03. The van der Waals surface area contributed by atoms with Crippen molar-refractivity contribution < 1.29 is 4.74 Å². The van der Waals surface area contributed by atoms with Crippen LogP contribution in [-0.2, 0) is 4.74 Å². The summed E-state index contributed by atoms with van der Waals surface area (Å²) in [6.45, 7) is 6.12. The van der Waals surface area contributed by atoms with E-state index < -0.39 is 0 Å².